The number of rotatable bonds is 8. The first-order valence-electron chi connectivity index (χ1n) is 10.5. The summed E-state index contributed by atoms with van der Waals surface area (Å²) in [5.41, 5.74) is 2.44. The third kappa shape index (κ3) is 5.36. The molecule has 0 atom stereocenters. The molecule has 1 aromatic heterocycles. The molecule has 1 spiro atoms. The number of halogens is 2. The van der Waals surface area contributed by atoms with Gasteiger partial charge in [-0.2, -0.15) is 5.10 Å². The third-order valence-electron chi connectivity index (χ3n) is 6.27. The number of amides is 1. The van der Waals surface area contributed by atoms with E-state index in [1.54, 1.807) is 24.5 Å². The molecule has 30 heavy (non-hydrogen) atoms. The van der Waals surface area contributed by atoms with E-state index in [-0.39, 0.29) is 11.9 Å². The van der Waals surface area contributed by atoms with Gasteiger partial charge in [-0.15, -0.1) is 0 Å². The van der Waals surface area contributed by atoms with Crippen LogP contribution in [0.2, 0.25) is 0 Å². The van der Waals surface area contributed by atoms with Gasteiger partial charge in [-0.1, -0.05) is 12.1 Å². The van der Waals surface area contributed by atoms with Crippen molar-refractivity contribution in [3.05, 3.63) is 47.8 Å². The number of likely N-dealkylation sites (tertiary alicyclic amines) is 1. The molecule has 0 unspecified atom stereocenters. The van der Waals surface area contributed by atoms with E-state index in [1.165, 1.54) is 0 Å². The van der Waals surface area contributed by atoms with Crippen LogP contribution in [-0.2, 0) is 17.8 Å². The number of piperidine rings is 1. The zero-order valence-corrected chi connectivity index (χ0v) is 16.9. The molecule has 2 heterocycles. The molecule has 2 N–H and O–H groups in total. The van der Waals surface area contributed by atoms with E-state index < -0.39 is 13.0 Å². The van der Waals surface area contributed by atoms with E-state index in [0.717, 1.165) is 56.4 Å². The lowest BCUT2D eigenvalue weighted by molar-refractivity contribution is -0.123. The first-order chi connectivity index (χ1) is 14.5. The second-order valence-electron chi connectivity index (χ2n) is 8.58. The maximum absolute atomic E-state index is 12.2. The molecule has 162 valence electrons. The van der Waals surface area contributed by atoms with Gasteiger partial charge in [0.2, 0.25) is 5.91 Å². The fraction of sp³-hybridized carbons (Fsp3) is 0.545. The molecule has 0 bridgehead atoms. The number of aromatic amines is 1. The molecule has 1 aromatic carbocycles. The van der Waals surface area contributed by atoms with Crippen LogP contribution in [0.5, 0.6) is 5.75 Å². The number of nitrogens with one attached hydrogen (secondary N) is 2. The second-order valence-corrected chi connectivity index (χ2v) is 8.58. The monoisotopic (exact) mass is 418 g/mol. The van der Waals surface area contributed by atoms with Gasteiger partial charge in [0.05, 0.1) is 12.6 Å². The van der Waals surface area contributed by atoms with Crippen molar-refractivity contribution in [3.8, 4) is 5.75 Å². The zero-order valence-electron chi connectivity index (χ0n) is 16.9. The molecule has 1 amide bonds. The van der Waals surface area contributed by atoms with Crippen molar-refractivity contribution >= 4 is 5.91 Å². The van der Waals surface area contributed by atoms with Gasteiger partial charge in [0.25, 0.3) is 6.43 Å². The maximum atomic E-state index is 12.2. The predicted molar refractivity (Wildman–Crippen MR) is 108 cm³/mol. The number of H-pyrrole nitrogens is 1. The molecule has 8 heteroatoms. The highest BCUT2D eigenvalue weighted by atomic mass is 19.3. The van der Waals surface area contributed by atoms with E-state index in [2.05, 4.69) is 20.4 Å². The van der Waals surface area contributed by atoms with Crippen LogP contribution in [0, 0.1) is 5.41 Å². The standard InChI is InChI=1S/C22H28F2N4O2/c23-20(24)15-30-19-3-1-16(2-4-19)14-28-7-5-22(6-8-28)10-18(11-22)27-21(29)9-17-12-25-26-13-17/h1-4,12-13,18,20H,5-11,14-15H2,(H,25,26)(H,27,29). The van der Waals surface area contributed by atoms with Crippen molar-refractivity contribution in [1.82, 2.24) is 20.4 Å². The van der Waals surface area contributed by atoms with Crippen LogP contribution in [0.15, 0.2) is 36.7 Å². The lowest BCUT2D eigenvalue weighted by Crippen LogP contribution is -2.55. The zero-order chi connectivity index (χ0) is 21.0. The Labute approximate surface area is 175 Å². The van der Waals surface area contributed by atoms with E-state index >= 15 is 0 Å². The van der Waals surface area contributed by atoms with Gasteiger partial charge >= 0.3 is 0 Å². The number of nitrogens with zero attached hydrogens (tertiary/aromatic N) is 2. The van der Waals surface area contributed by atoms with Crippen LogP contribution in [0.4, 0.5) is 8.78 Å². The second kappa shape index (κ2) is 9.12. The Balaban J connectivity index is 1.16. The lowest BCUT2D eigenvalue weighted by atomic mass is 9.60. The van der Waals surface area contributed by atoms with Crippen LogP contribution in [0.1, 0.15) is 36.8 Å². The Morgan fingerprint density at radius 1 is 1.23 bits per heavy atom. The molecule has 1 aliphatic carbocycles. The van der Waals surface area contributed by atoms with Crippen molar-refractivity contribution < 1.29 is 18.3 Å². The summed E-state index contributed by atoms with van der Waals surface area (Å²) in [4.78, 5) is 14.6. The number of carbonyl (C=O) groups is 1. The SMILES string of the molecule is O=C(Cc1cn[nH]c1)NC1CC2(CCN(Cc3ccc(OCC(F)F)cc3)CC2)C1. The van der Waals surface area contributed by atoms with E-state index in [9.17, 15) is 13.6 Å². The highest BCUT2D eigenvalue weighted by Gasteiger charge is 2.46. The molecule has 2 fully saturated rings. The Bertz CT molecular complexity index is 810. The van der Waals surface area contributed by atoms with E-state index in [1.807, 2.05) is 12.1 Å². The molecule has 6 nitrogen and oxygen atoms in total. The summed E-state index contributed by atoms with van der Waals surface area (Å²) in [6.07, 6.45) is 5.78. The molecular formula is C22H28F2N4O2. The highest BCUT2D eigenvalue weighted by molar-refractivity contribution is 5.78. The topological polar surface area (TPSA) is 70.2 Å². The van der Waals surface area contributed by atoms with Gasteiger partial charge in [0, 0.05) is 18.8 Å². The maximum Gasteiger partial charge on any atom is 0.272 e. The first-order valence-corrected chi connectivity index (χ1v) is 10.5. The van der Waals surface area contributed by atoms with Gasteiger partial charge in [-0.3, -0.25) is 14.8 Å². The number of carbonyl (C=O) groups excluding carboxylic acids is 1. The minimum Gasteiger partial charge on any atom is -0.488 e. The fourth-order valence-electron chi connectivity index (χ4n) is 4.63. The van der Waals surface area contributed by atoms with Gasteiger partial charge in [-0.05, 0) is 67.4 Å². The van der Waals surface area contributed by atoms with E-state index in [0.29, 0.717) is 17.6 Å². The largest absolute Gasteiger partial charge is 0.488 e. The average molecular weight is 418 g/mol. The summed E-state index contributed by atoms with van der Waals surface area (Å²) in [5, 5.41) is 9.74. The Morgan fingerprint density at radius 2 is 1.97 bits per heavy atom. The fourth-order valence-corrected chi connectivity index (χ4v) is 4.63. The summed E-state index contributed by atoms with van der Waals surface area (Å²) in [7, 11) is 0. The van der Waals surface area contributed by atoms with Crippen molar-refractivity contribution in [2.24, 2.45) is 5.41 Å². The number of benzene rings is 1. The molecule has 4 rings (SSSR count). The number of alkyl halides is 2. The normalized spacial score (nSPS) is 19.0. The van der Waals surface area contributed by atoms with Gasteiger partial charge < -0.3 is 10.1 Å². The van der Waals surface area contributed by atoms with Crippen LogP contribution < -0.4 is 10.1 Å². The summed E-state index contributed by atoms with van der Waals surface area (Å²) in [6, 6.07) is 7.69. The van der Waals surface area contributed by atoms with Crippen LogP contribution in [-0.4, -0.2) is 53.2 Å². The van der Waals surface area contributed by atoms with Gasteiger partial charge in [-0.25, -0.2) is 8.78 Å². The smallest absolute Gasteiger partial charge is 0.272 e. The molecular weight excluding hydrogens is 390 g/mol. The molecule has 0 radical (unpaired) electrons. The van der Waals surface area contributed by atoms with E-state index in [4.69, 9.17) is 4.74 Å². The number of ether oxygens (including phenoxy) is 1. The minimum atomic E-state index is -2.46. The number of hydrogen-bond acceptors (Lipinski definition) is 4. The Kier molecular flexibility index (Phi) is 6.32. The van der Waals surface area contributed by atoms with Crippen LogP contribution >= 0.6 is 0 Å². The summed E-state index contributed by atoms with van der Waals surface area (Å²) >= 11 is 0. The minimum absolute atomic E-state index is 0.0645. The first kappa shape index (κ1) is 20.8. The molecule has 1 aliphatic heterocycles. The van der Waals surface area contributed by atoms with Crippen LogP contribution in [0.25, 0.3) is 0 Å². The summed E-state index contributed by atoms with van der Waals surface area (Å²) < 4.78 is 29.5. The predicted octanol–water partition coefficient (Wildman–Crippen LogP) is 3.16. The van der Waals surface area contributed by atoms with Crippen molar-refractivity contribution in [2.75, 3.05) is 19.7 Å². The molecule has 2 aliphatic rings. The highest BCUT2D eigenvalue weighted by Crippen LogP contribution is 2.49. The van der Waals surface area contributed by atoms with Crippen LogP contribution in [0.3, 0.4) is 0 Å². The number of hydrogen-bond donors (Lipinski definition) is 2. The van der Waals surface area contributed by atoms with Crippen molar-refractivity contribution in [3.63, 3.8) is 0 Å². The third-order valence-corrected chi connectivity index (χ3v) is 6.27. The quantitative estimate of drug-likeness (QED) is 0.691. The number of aromatic nitrogens is 2. The van der Waals surface area contributed by atoms with Crippen molar-refractivity contribution in [2.45, 2.75) is 51.1 Å². The Morgan fingerprint density at radius 3 is 2.60 bits per heavy atom. The lowest BCUT2D eigenvalue weighted by Gasteiger charge is -2.52. The van der Waals surface area contributed by atoms with Gasteiger partial charge in [0.15, 0.2) is 0 Å². The molecule has 1 saturated heterocycles. The summed E-state index contributed by atoms with van der Waals surface area (Å²) in [6.45, 7) is 2.37. The summed E-state index contributed by atoms with van der Waals surface area (Å²) in [5.74, 6) is 0.543. The van der Waals surface area contributed by atoms with Gasteiger partial charge in [0.1, 0.15) is 12.4 Å². The molecule has 1 saturated carbocycles. The average Bonchev–Trinajstić information content (AvgIpc) is 3.20. The van der Waals surface area contributed by atoms with Crippen molar-refractivity contribution in [1.29, 1.82) is 0 Å². The Hall–Kier alpha value is -2.48. The molecule has 2 aromatic rings.